The summed E-state index contributed by atoms with van der Waals surface area (Å²) in [5.41, 5.74) is 5.20. The largest absolute Gasteiger partial charge is 0.328 e. The minimum atomic E-state index is 0.113. The Balaban J connectivity index is 1.35. The Morgan fingerprint density at radius 3 is 2.63 bits per heavy atom. The van der Waals surface area contributed by atoms with E-state index in [-0.39, 0.29) is 5.69 Å². The summed E-state index contributed by atoms with van der Waals surface area (Å²) in [6, 6.07) is 10.3. The number of benzene rings is 1. The van der Waals surface area contributed by atoms with Crippen molar-refractivity contribution in [1.82, 2.24) is 34.7 Å². The molecule has 3 aromatic heterocycles. The van der Waals surface area contributed by atoms with Crippen LogP contribution in [0, 0.1) is 5.92 Å². The molecule has 1 fully saturated rings. The van der Waals surface area contributed by atoms with Crippen molar-refractivity contribution in [3.05, 3.63) is 70.7 Å². The third-order valence-electron chi connectivity index (χ3n) is 7.15. The molecule has 0 radical (unpaired) electrons. The Labute approximate surface area is 205 Å². The molecule has 5 rings (SSSR count). The number of tetrazole rings is 1. The fourth-order valence-electron chi connectivity index (χ4n) is 5.24. The Morgan fingerprint density at radius 1 is 1.06 bits per heavy atom. The van der Waals surface area contributed by atoms with E-state index in [4.69, 9.17) is 0 Å². The smallest absolute Gasteiger partial charge is 0.299 e. The Kier molecular flexibility index (Phi) is 7.16. The van der Waals surface area contributed by atoms with Crippen molar-refractivity contribution >= 4 is 0 Å². The number of H-pyrrole nitrogens is 1. The van der Waals surface area contributed by atoms with Crippen LogP contribution < -0.4 is 5.69 Å². The van der Waals surface area contributed by atoms with Gasteiger partial charge in [0.15, 0.2) is 0 Å². The van der Waals surface area contributed by atoms with E-state index in [1.807, 2.05) is 15.2 Å². The first-order valence-electron chi connectivity index (χ1n) is 12.8. The minimum Gasteiger partial charge on any atom is -0.299 e. The monoisotopic (exact) mass is 471 g/mol. The second-order valence-electron chi connectivity index (χ2n) is 9.58. The van der Waals surface area contributed by atoms with Crippen LogP contribution in [0.3, 0.4) is 0 Å². The van der Waals surface area contributed by atoms with Crippen molar-refractivity contribution in [2.75, 3.05) is 0 Å². The zero-order chi connectivity index (χ0) is 24.0. The van der Waals surface area contributed by atoms with Gasteiger partial charge in [-0.25, -0.2) is 4.79 Å². The molecule has 0 amide bonds. The maximum absolute atomic E-state index is 13.3. The molecule has 0 atom stereocenters. The summed E-state index contributed by atoms with van der Waals surface area (Å²) in [7, 11) is 0. The van der Waals surface area contributed by atoms with Gasteiger partial charge in [0, 0.05) is 36.4 Å². The maximum atomic E-state index is 13.3. The van der Waals surface area contributed by atoms with Crippen molar-refractivity contribution in [3.8, 4) is 22.5 Å². The summed E-state index contributed by atoms with van der Waals surface area (Å²) in [6.45, 7) is 3.57. The highest BCUT2D eigenvalue weighted by atomic mass is 16.1. The molecular formula is C27H33N7O. The average Bonchev–Trinajstić information content (AvgIpc) is 3.54. The van der Waals surface area contributed by atoms with Gasteiger partial charge in [0.05, 0.1) is 6.54 Å². The fraction of sp³-hybridized carbons (Fsp3) is 0.444. The lowest BCUT2D eigenvalue weighted by atomic mass is 9.87. The van der Waals surface area contributed by atoms with Crippen LogP contribution in [0.1, 0.15) is 63.1 Å². The molecule has 0 unspecified atom stereocenters. The molecule has 8 heteroatoms. The molecule has 0 spiro atoms. The summed E-state index contributed by atoms with van der Waals surface area (Å²) in [5, 5.41) is 14.4. The molecule has 1 N–H and O–H groups in total. The summed E-state index contributed by atoms with van der Waals surface area (Å²) < 4.78 is 3.90. The van der Waals surface area contributed by atoms with Gasteiger partial charge in [-0.15, -0.1) is 10.2 Å². The summed E-state index contributed by atoms with van der Waals surface area (Å²) >= 11 is 0. The molecule has 0 bridgehead atoms. The average molecular weight is 472 g/mol. The number of aromatic amines is 1. The predicted octanol–water partition coefficient (Wildman–Crippen LogP) is 4.86. The number of nitrogens with one attached hydrogen (secondary N) is 1. The highest BCUT2D eigenvalue weighted by molar-refractivity contribution is 5.79. The van der Waals surface area contributed by atoms with Gasteiger partial charge in [0.25, 0.3) is 0 Å². The number of aryl methyl sites for hydroxylation is 2. The number of imidazole rings is 1. The molecule has 35 heavy (non-hydrogen) atoms. The fourth-order valence-corrected chi connectivity index (χ4v) is 5.24. The first kappa shape index (κ1) is 23.2. The molecular weight excluding hydrogens is 438 g/mol. The second-order valence-corrected chi connectivity index (χ2v) is 9.58. The number of hydrogen-bond acceptors (Lipinski definition) is 5. The van der Waals surface area contributed by atoms with E-state index in [2.05, 4.69) is 63.0 Å². The third kappa shape index (κ3) is 5.26. The second kappa shape index (κ2) is 10.8. The van der Waals surface area contributed by atoms with Crippen molar-refractivity contribution < 1.29 is 0 Å². The van der Waals surface area contributed by atoms with Crippen LogP contribution in [0.25, 0.3) is 22.5 Å². The molecule has 182 valence electrons. The number of aromatic nitrogens is 7. The minimum absolute atomic E-state index is 0.113. The number of nitrogens with zero attached hydrogens (tertiary/aromatic N) is 6. The van der Waals surface area contributed by atoms with Gasteiger partial charge in [0.2, 0.25) is 5.82 Å². The maximum Gasteiger partial charge on any atom is 0.328 e. The lowest BCUT2D eigenvalue weighted by Crippen LogP contribution is -2.26. The third-order valence-corrected chi connectivity index (χ3v) is 7.15. The molecule has 8 nitrogen and oxygen atoms in total. The molecule has 3 heterocycles. The summed E-state index contributed by atoms with van der Waals surface area (Å²) in [5.74, 6) is 1.29. The van der Waals surface area contributed by atoms with Crippen LogP contribution in [-0.2, 0) is 19.5 Å². The van der Waals surface area contributed by atoms with Gasteiger partial charge in [-0.05, 0) is 46.7 Å². The molecule has 4 aromatic rings. The van der Waals surface area contributed by atoms with Crippen molar-refractivity contribution in [2.24, 2.45) is 5.92 Å². The molecule has 1 aliphatic carbocycles. The van der Waals surface area contributed by atoms with E-state index in [0.29, 0.717) is 12.4 Å². The number of hydrogen-bond donors (Lipinski definition) is 1. The van der Waals surface area contributed by atoms with Crippen molar-refractivity contribution in [2.45, 2.75) is 71.4 Å². The molecule has 0 aliphatic heterocycles. The summed E-state index contributed by atoms with van der Waals surface area (Å²) in [4.78, 5) is 17.5. The van der Waals surface area contributed by atoms with Gasteiger partial charge in [-0.2, -0.15) is 5.21 Å². The standard InChI is InChI=1S/C27H33N7O/c1-2-6-23-19-33(16-14-20-7-4-3-5-8-20)27(35)34(23)18-21-9-11-22(12-10-21)24-13-15-28-17-25(24)26-29-31-32-30-26/h9-13,15,17,19-20H,2-8,14,16,18H2,1H3,(H,29,30,31,32). The number of pyridine rings is 1. The Bertz CT molecular complexity index is 1280. The molecule has 0 saturated heterocycles. The van der Waals surface area contributed by atoms with Gasteiger partial charge < -0.3 is 0 Å². The van der Waals surface area contributed by atoms with Gasteiger partial charge in [-0.3, -0.25) is 14.1 Å². The van der Waals surface area contributed by atoms with Crippen molar-refractivity contribution in [1.29, 1.82) is 0 Å². The van der Waals surface area contributed by atoms with E-state index in [1.54, 1.807) is 12.4 Å². The molecule has 1 saturated carbocycles. The first-order valence-corrected chi connectivity index (χ1v) is 12.8. The van der Waals surface area contributed by atoms with Gasteiger partial charge in [-0.1, -0.05) is 69.7 Å². The van der Waals surface area contributed by atoms with Crippen LogP contribution in [0.5, 0.6) is 0 Å². The zero-order valence-corrected chi connectivity index (χ0v) is 20.4. The Hall–Kier alpha value is -3.55. The normalized spacial score (nSPS) is 14.4. The van der Waals surface area contributed by atoms with Crippen LogP contribution in [0.15, 0.2) is 53.7 Å². The van der Waals surface area contributed by atoms with E-state index < -0.39 is 0 Å². The highest BCUT2D eigenvalue weighted by Crippen LogP contribution is 2.29. The van der Waals surface area contributed by atoms with Gasteiger partial charge >= 0.3 is 5.69 Å². The van der Waals surface area contributed by atoms with E-state index in [1.165, 1.54) is 32.1 Å². The number of rotatable bonds is 9. The molecule has 1 aliphatic rings. The van der Waals surface area contributed by atoms with E-state index in [0.717, 1.165) is 59.7 Å². The quantitative estimate of drug-likeness (QED) is 0.376. The molecule has 1 aromatic carbocycles. The van der Waals surface area contributed by atoms with E-state index in [9.17, 15) is 4.79 Å². The first-order chi connectivity index (χ1) is 17.2. The lowest BCUT2D eigenvalue weighted by molar-refractivity contribution is 0.322. The van der Waals surface area contributed by atoms with Crippen LogP contribution in [-0.4, -0.2) is 34.7 Å². The Morgan fingerprint density at radius 2 is 1.89 bits per heavy atom. The van der Waals surface area contributed by atoms with Crippen LogP contribution in [0.4, 0.5) is 0 Å². The van der Waals surface area contributed by atoms with Crippen LogP contribution >= 0.6 is 0 Å². The summed E-state index contributed by atoms with van der Waals surface area (Å²) in [6.07, 6.45) is 15.3. The SMILES string of the molecule is CCCc1cn(CCC2CCCCC2)c(=O)n1Cc1ccc(-c2ccncc2-c2nn[nH]n2)cc1. The topological polar surface area (TPSA) is 94.3 Å². The predicted molar refractivity (Wildman–Crippen MR) is 136 cm³/mol. The van der Waals surface area contributed by atoms with E-state index >= 15 is 0 Å². The zero-order valence-electron chi connectivity index (χ0n) is 20.4. The lowest BCUT2D eigenvalue weighted by Gasteiger charge is -2.21. The van der Waals surface area contributed by atoms with Crippen LogP contribution in [0.2, 0.25) is 0 Å². The van der Waals surface area contributed by atoms with Crippen molar-refractivity contribution in [3.63, 3.8) is 0 Å². The van der Waals surface area contributed by atoms with Gasteiger partial charge in [0.1, 0.15) is 0 Å². The highest BCUT2D eigenvalue weighted by Gasteiger charge is 2.16.